The Morgan fingerprint density at radius 2 is 2.05 bits per heavy atom. The van der Waals surface area contributed by atoms with E-state index in [0.29, 0.717) is 25.9 Å². The van der Waals surface area contributed by atoms with Gasteiger partial charge in [-0.15, -0.1) is 0 Å². The van der Waals surface area contributed by atoms with Crippen LogP contribution in [0.1, 0.15) is 33.6 Å². The smallest absolute Gasteiger partial charge is 0.317 e. The van der Waals surface area contributed by atoms with Gasteiger partial charge in [-0.1, -0.05) is 20.8 Å². The molecule has 6 heteroatoms. The zero-order chi connectivity index (χ0) is 15.3. The van der Waals surface area contributed by atoms with Crippen LogP contribution in [0.15, 0.2) is 0 Å². The summed E-state index contributed by atoms with van der Waals surface area (Å²) < 4.78 is 0. The molecule has 1 rings (SSSR count). The van der Waals surface area contributed by atoms with Gasteiger partial charge in [-0.25, -0.2) is 4.79 Å². The minimum atomic E-state index is -0.874. The normalized spacial score (nSPS) is 24.6. The highest BCUT2D eigenvalue weighted by atomic mass is 16.4. The second kappa shape index (κ2) is 7.47. The highest BCUT2D eigenvalue weighted by Gasteiger charge is 2.28. The molecule has 0 aromatic carbocycles. The van der Waals surface area contributed by atoms with Crippen molar-refractivity contribution in [2.24, 2.45) is 17.8 Å². The van der Waals surface area contributed by atoms with Gasteiger partial charge >= 0.3 is 12.0 Å². The van der Waals surface area contributed by atoms with E-state index in [0.717, 1.165) is 0 Å². The number of rotatable bonds is 5. The van der Waals surface area contributed by atoms with Crippen molar-refractivity contribution in [2.45, 2.75) is 39.7 Å². The summed E-state index contributed by atoms with van der Waals surface area (Å²) in [6.45, 7) is 7.01. The van der Waals surface area contributed by atoms with Crippen molar-refractivity contribution in [3.63, 3.8) is 0 Å². The van der Waals surface area contributed by atoms with E-state index >= 15 is 0 Å². The Morgan fingerprint density at radius 1 is 1.40 bits per heavy atom. The fourth-order valence-corrected chi connectivity index (χ4v) is 2.48. The number of carboxylic acids is 1. The van der Waals surface area contributed by atoms with Crippen LogP contribution < -0.4 is 5.32 Å². The van der Waals surface area contributed by atoms with Crippen LogP contribution in [0.2, 0.25) is 0 Å². The molecule has 1 aliphatic rings. The van der Waals surface area contributed by atoms with Gasteiger partial charge in [0.25, 0.3) is 0 Å². The second-order valence-electron chi connectivity index (χ2n) is 6.13. The summed E-state index contributed by atoms with van der Waals surface area (Å²) in [5.74, 6) is -1.09. The molecule has 1 fully saturated rings. The summed E-state index contributed by atoms with van der Waals surface area (Å²) in [7, 11) is 0. The predicted molar refractivity (Wildman–Crippen MR) is 75.3 cm³/mol. The van der Waals surface area contributed by atoms with Crippen molar-refractivity contribution in [3.05, 3.63) is 0 Å². The van der Waals surface area contributed by atoms with E-state index in [-0.39, 0.29) is 30.5 Å². The number of urea groups is 1. The van der Waals surface area contributed by atoms with E-state index in [1.165, 1.54) is 0 Å². The predicted octanol–water partition coefficient (Wildman–Crippen LogP) is 1.15. The molecule has 0 bridgehead atoms. The fourth-order valence-electron chi connectivity index (χ4n) is 2.48. The molecule has 6 nitrogen and oxygen atoms in total. The molecule has 1 aliphatic heterocycles. The van der Waals surface area contributed by atoms with Crippen LogP contribution in [0, 0.1) is 17.8 Å². The molecule has 3 unspecified atom stereocenters. The molecule has 1 saturated heterocycles. The van der Waals surface area contributed by atoms with Crippen LogP contribution in [-0.4, -0.2) is 52.9 Å². The molecule has 0 spiro atoms. The van der Waals surface area contributed by atoms with Crippen LogP contribution in [0.5, 0.6) is 0 Å². The summed E-state index contributed by atoms with van der Waals surface area (Å²) in [6, 6.07) is -0.237. The van der Waals surface area contributed by atoms with Gasteiger partial charge in [0.1, 0.15) is 0 Å². The lowest BCUT2D eigenvalue weighted by molar-refractivity contribution is -0.142. The lowest BCUT2D eigenvalue weighted by Crippen LogP contribution is -2.50. The molecule has 0 aromatic rings. The van der Waals surface area contributed by atoms with Crippen LogP contribution in [-0.2, 0) is 4.79 Å². The zero-order valence-corrected chi connectivity index (χ0v) is 12.5. The molecule has 0 aromatic heterocycles. The number of aliphatic hydroxyl groups excluding tert-OH is 1. The number of carbonyl (C=O) groups is 2. The largest absolute Gasteiger partial charge is 0.481 e. The molecule has 0 saturated carbocycles. The van der Waals surface area contributed by atoms with Crippen molar-refractivity contribution in [3.8, 4) is 0 Å². The quantitative estimate of drug-likeness (QED) is 0.707. The Labute approximate surface area is 120 Å². The Kier molecular flexibility index (Phi) is 6.26. The van der Waals surface area contributed by atoms with Crippen LogP contribution in [0.4, 0.5) is 4.79 Å². The number of aliphatic carboxylic acids is 1. The highest BCUT2D eigenvalue weighted by Crippen LogP contribution is 2.17. The van der Waals surface area contributed by atoms with Gasteiger partial charge in [-0.05, 0) is 24.7 Å². The average Bonchev–Trinajstić information content (AvgIpc) is 2.36. The number of amides is 2. The maximum absolute atomic E-state index is 12.0. The van der Waals surface area contributed by atoms with Crippen LogP contribution in [0.3, 0.4) is 0 Å². The molecule has 3 N–H and O–H groups in total. The summed E-state index contributed by atoms with van der Waals surface area (Å²) in [5, 5.41) is 21.5. The lowest BCUT2D eigenvalue weighted by Gasteiger charge is -2.34. The molecule has 0 aliphatic carbocycles. The van der Waals surface area contributed by atoms with Crippen molar-refractivity contribution in [1.29, 1.82) is 0 Å². The molecule has 116 valence electrons. The number of carboxylic acid groups (broad SMARTS) is 1. The minimum absolute atomic E-state index is 0.0560. The highest BCUT2D eigenvalue weighted by molar-refractivity contribution is 5.76. The summed E-state index contributed by atoms with van der Waals surface area (Å²) >= 11 is 0. The number of hydrogen-bond acceptors (Lipinski definition) is 3. The Bertz CT molecular complexity index is 346. The van der Waals surface area contributed by atoms with Crippen molar-refractivity contribution >= 4 is 12.0 Å². The summed E-state index contributed by atoms with van der Waals surface area (Å²) in [5.41, 5.74) is 0. The maximum Gasteiger partial charge on any atom is 0.317 e. The van der Waals surface area contributed by atoms with Gasteiger partial charge < -0.3 is 20.4 Å². The Balaban J connectivity index is 2.43. The molecule has 3 atom stereocenters. The first-order chi connectivity index (χ1) is 9.31. The number of nitrogens with one attached hydrogen (secondary N) is 1. The van der Waals surface area contributed by atoms with E-state index < -0.39 is 11.9 Å². The van der Waals surface area contributed by atoms with Gasteiger partial charge in [0.05, 0.1) is 12.0 Å². The maximum atomic E-state index is 12.0. The first-order valence-corrected chi connectivity index (χ1v) is 7.24. The molecular weight excluding hydrogens is 260 g/mol. The zero-order valence-electron chi connectivity index (χ0n) is 12.5. The third-order valence-corrected chi connectivity index (χ3v) is 3.75. The molecule has 20 heavy (non-hydrogen) atoms. The molecular formula is C14H26N2O4. The van der Waals surface area contributed by atoms with E-state index in [2.05, 4.69) is 5.32 Å². The number of carbonyl (C=O) groups excluding carboxylic acids is 1. The van der Waals surface area contributed by atoms with Crippen molar-refractivity contribution in [1.82, 2.24) is 10.2 Å². The second-order valence-corrected chi connectivity index (χ2v) is 6.13. The lowest BCUT2D eigenvalue weighted by atomic mass is 9.96. The van der Waals surface area contributed by atoms with Crippen LogP contribution in [0.25, 0.3) is 0 Å². The van der Waals surface area contributed by atoms with E-state index in [4.69, 9.17) is 5.11 Å². The first-order valence-electron chi connectivity index (χ1n) is 7.24. The fraction of sp³-hybridized carbons (Fsp3) is 0.857. The Morgan fingerprint density at radius 3 is 2.55 bits per heavy atom. The third-order valence-electron chi connectivity index (χ3n) is 3.75. The first kappa shape index (κ1) is 16.8. The van der Waals surface area contributed by atoms with E-state index in [1.54, 1.807) is 4.90 Å². The average molecular weight is 286 g/mol. The molecule has 2 amide bonds. The van der Waals surface area contributed by atoms with Crippen molar-refractivity contribution in [2.75, 3.05) is 19.6 Å². The Hall–Kier alpha value is -1.30. The topological polar surface area (TPSA) is 89.9 Å². The van der Waals surface area contributed by atoms with Gasteiger partial charge in [0.2, 0.25) is 0 Å². The number of nitrogens with zero attached hydrogens (tertiary/aromatic N) is 1. The van der Waals surface area contributed by atoms with Gasteiger partial charge in [-0.3, -0.25) is 4.79 Å². The summed E-state index contributed by atoms with van der Waals surface area (Å²) in [6.07, 6.45) is 0.764. The molecule has 1 heterocycles. The standard InChI is InChI=1S/C14H26N2O4/c1-9(2)6-11(13(18)19)7-15-14(20)16-5-4-12(17)10(3)8-16/h9-12,17H,4-8H2,1-3H3,(H,15,20)(H,18,19). The molecule has 0 radical (unpaired) electrons. The minimum Gasteiger partial charge on any atom is -0.481 e. The van der Waals surface area contributed by atoms with Gasteiger partial charge in [0.15, 0.2) is 0 Å². The monoisotopic (exact) mass is 286 g/mol. The van der Waals surface area contributed by atoms with Gasteiger partial charge in [-0.2, -0.15) is 0 Å². The number of likely N-dealkylation sites (tertiary alicyclic amines) is 1. The van der Waals surface area contributed by atoms with Crippen molar-refractivity contribution < 1.29 is 19.8 Å². The SMILES string of the molecule is CC(C)CC(CNC(=O)N1CCC(O)C(C)C1)C(=O)O. The van der Waals surface area contributed by atoms with E-state index in [9.17, 15) is 14.7 Å². The van der Waals surface area contributed by atoms with E-state index in [1.807, 2.05) is 20.8 Å². The van der Waals surface area contributed by atoms with Crippen LogP contribution >= 0.6 is 0 Å². The summed E-state index contributed by atoms with van der Waals surface area (Å²) in [4.78, 5) is 24.8. The number of piperidine rings is 1. The van der Waals surface area contributed by atoms with Gasteiger partial charge in [0, 0.05) is 19.6 Å². The third kappa shape index (κ3) is 5.00. The number of hydrogen-bond donors (Lipinski definition) is 3. The number of aliphatic hydroxyl groups is 1.